The van der Waals surface area contributed by atoms with Crippen molar-refractivity contribution in [2.45, 2.75) is 25.2 Å². The lowest BCUT2D eigenvalue weighted by Gasteiger charge is -2.19. The lowest BCUT2D eigenvalue weighted by atomic mass is 10.1. The van der Waals surface area contributed by atoms with Crippen molar-refractivity contribution in [2.75, 3.05) is 6.61 Å². The average Bonchev–Trinajstić information content (AvgIpc) is 2.75. The fourth-order valence-electron chi connectivity index (χ4n) is 1.08. The molecule has 1 aromatic rings. The van der Waals surface area contributed by atoms with Gasteiger partial charge in [0.25, 0.3) is 5.89 Å². The topological polar surface area (TPSA) is 124 Å². The van der Waals surface area contributed by atoms with Crippen LogP contribution in [0.3, 0.4) is 0 Å². The van der Waals surface area contributed by atoms with Gasteiger partial charge >= 0.3 is 0 Å². The Morgan fingerprint density at radius 1 is 1.50 bits per heavy atom. The summed E-state index contributed by atoms with van der Waals surface area (Å²) in [5, 5.41) is 36.6. The molecule has 0 saturated heterocycles. The molecule has 0 aliphatic heterocycles. The van der Waals surface area contributed by atoms with Crippen LogP contribution in [0.4, 0.5) is 0 Å². The molecular formula is C9H13NO6. The molecule has 4 N–H and O–H groups in total. The number of Topliss-reactive ketones (excluding diaryl/α,β-unsaturated/α-hetero) is 1. The van der Waals surface area contributed by atoms with Crippen LogP contribution >= 0.6 is 0 Å². The second kappa shape index (κ2) is 5.17. The summed E-state index contributed by atoms with van der Waals surface area (Å²) in [4.78, 5) is 14.5. The molecule has 1 heterocycles. The van der Waals surface area contributed by atoms with Crippen molar-refractivity contribution in [3.05, 3.63) is 17.8 Å². The zero-order chi connectivity index (χ0) is 12.3. The predicted octanol–water partition coefficient (Wildman–Crippen LogP) is -1.38. The smallest absolute Gasteiger partial charge is 0.263 e. The molecule has 7 nitrogen and oxygen atoms in total. The number of nitrogens with zero attached hydrogens (tertiary/aromatic N) is 1. The standard InChI is InChI=1S/C9H13NO6/c1-4(12)9-10-5(3-16-9)7(14)8(15)6(13)2-11/h3,6-8,11,13-15H,2H2,1H3. The summed E-state index contributed by atoms with van der Waals surface area (Å²) in [6.07, 6.45) is -3.62. The van der Waals surface area contributed by atoms with Gasteiger partial charge < -0.3 is 24.8 Å². The van der Waals surface area contributed by atoms with Gasteiger partial charge in [0.2, 0.25) is 5.78 Å². The van der Waals surface area contributed by atoms with E-state index in [1.54, 1.807) is 0 Å². The molecule has 0 aliphatic carbocycles. The quantitative estimate of drug-likeness (QED) is 0.460. The molecule has 1 aromatic heterocycles. The third-order valence-corrected chi connectivity index (χ3v) is 2.03. The minimum atomic E-state index is -1.60. The second-order valence-corrected chi connectivity index (χ2v) is 3.32. The van der Waals surface area contributed by atoms with Crippen LogP contribution in [-0.4, -0.2) is 50.0 Å². The zero-order valence-corrected chi connectivity index (χ0v) is 8.57. The van der Waals surface area contributed by atoms with Crippen LogP contribution in [0.2, 0.25) is 0 Å². The molecule has 0 aromatic carbocycles. The third-order valence-electron chi connectivity index (χ3n) is 2.03. The van der Waals surface area contributed by atoms with E-state index in [0.29, 0.717) is 0 Å². The van der Waals surface area contributed by atoms with E-state index >= 15 is 0 Å². The van der Waals surface area contributed by atoms with E-state index in [-0.39, 0.29) is 11.6 Å². The number of oxazole rings is 1. The summed E-state index contributed by atoms with van der Waals surface area (Å²) in [5.74, 6) is -0.615. The maximum absolute atomic E-state index is 10.9. The van der Waals surface area contributed by atoms with Crippen molar-refractivity contribution in [1.82, 2.24) is 4.98 Å². The lowest BCUT2D eigenvalue weighted by molar-refractivity contribution is -0.0789. The van der Waals surface area contributed by atoms with Gasteiger partial charge in [-0.25, -0.2) is 4.98 Å². The first-order chi connectivity index (χ1) is 7.47. The Labute approximate surface area is 91.0 Å². The number of carbonyl (C=O) groups excluding carboxylic acids is 1. The van der Waals surface area contributed by atoms with Gasteiger partial charge in [-0.2, -0.15) is 0 Å². The van der Waals surface area contributed by atoms with Crippen molar-refractivity contribution in [3.8, 4) is 0 Å². The molecular weight excluding hydrogens is 218 g/mol. The van der Waals surface area contributed by atoms with Crippen LogP contribution in [0.25, 0.3) is 0 Å². The Kier molecular flexibility index (Phi) is 4.13. The van der Waals surface area contributed by atoms with Gasteiger partial charge in [-0.3, -0.25) is 4.79 Å². The molecule has 7 heteroatoms. The third kappa shape index (κ3) is 2.64. The molecule has 0 spiro atoms. The van der Waals surface area contributed by atoms with Crippen LogP contribution in [-0.2, 0) is 0 Å². The number of aliphatic hydroxyl groups excluding tert-OH is 4. The summed E-state index contributed by atoms with van der Waals surface area (Å²) in [7, 11) is 0. The van der Waals surface area contributed by atoms with Gasteiger partial charge in [0.1, 0.15) is 30.3 Å². The van der Waals surface area contributed by atoms with Crippen molar-refractivity contribution in [3.63, 3.8) is 0 Å². The SMILES string of the molecule is CC(=O)c1nc(C(O)C(O)C(O)CO)co1. The highest BCUT2D eigenvalue weighted by Crippen LogP contribution is 2.18. The van der Waals surface area contributed by atoms with E-state index in [4.69, 9.17) is 14.6 Å². The fraction of sp³-hybridized carbons (Fsp3) is 0.556. The van der Waals surface area contributed by atoms with Gasteiger partial charge in [-0.15, -0.1) is 0 Å². The highest BCUT2D eigenvalue weighted by Gasteiger charge is 2.28. The molecule has 16 heavy (non-hydrogen) atoms. The molecule has 90 valence electrons. The Balaban J connectivity index is 2.79. The summed E-state index contributed by atoms with van der Waals surface area (Å²) < 4.78 is 4.73. The Morgan fingerprint density at radius 3 is 2.56 bits per heavy atom. The van der Waals surface area contributed by atoms with E-state index in [1.165, 1.54) is 6.92 Å². The van der Waals surface area contributed by atoms with E-state index in [9.17, 15) is 15.0 Å². The fourth-order valence-corrected chi connectivity index (χ4v) is 1.08. The van der Waals surface area contributed by atoms with Crippen LogP contribution in [0.1, 0.15) is 29.4 Å². The minimum Gasteiger partial charge on any atom is -0.442 e. The van der Waals surface area contributed by atoms with E-state index in [1.807, 2.05) is 0 Å². The van der Waals surface area contributed by atoms with Crippen molar-refractivity contribution in [2.24, 2.45) is 0 Å². The summed E-state index contributed by atoms with van der Waals surface area (Å²) in [5.41, 5.74) is -0.0785. The molecule has 0 bridgehead atoms. The van der Waals surface area contributed by atoms with Gasteiger partial charge in [-0.05, 0) is 0 Å². The van der Waals surface area contributed by atoms with E-state index < -0.39 is 30.7 Å². The van der Waals surface area contributed by atoms with Crippen LogP contribution in [0, 0.1) is 0 Å². The number of aromatic nitrogens is 1. The minimum absolute atomic E-state index is 0.0785. The number of carbonyl (C=O) groups is 1. The average molecular weight is 231 g/mol. The largest absolute Gasteiger partial charge is 0.442 e. The van der Waals surface area contributed by atoms with Gasteiger partial charge in [0.05, 0.1) is 6.61 Å². The Hall–Kier alpha value is -1.28. The number of aliphatic hydroxyl groups is 4. The predicted molar refractivity (Wildman–Crippen MR) is 50.6 cm³/mol. The molecule has 0 aliphatic rings. The lowest BCUT2D eigenvalue weighted by Crippen LogP contribution is -2.34. The Morgan fingerprint density at radius 2 is 2.12 bits per heavy atom. The van der Waals surface area contributed by atoms with Crippen LogP contribution in [0.15, 0.2) is 10.7 Å². The summed E-state index contributed by atoms with van der Waals surface area (Å²) >= 11 is 0. The number of hydrogen-bond donors (Lipinski definition) is 4. The molecule has 0 radical (unpaired) electrons. The molecule has 0 saturated carbocycles. The first kappa shape index (κ1) is 12.8. The van der Waals surface area contributed by atoms with E-state index in [0.717, 1.165) is 6.26 Å². The second-order valence-electron chi connectivity index (χ2n) is 3.32. The Bertz CT molecular complexity index is 363. The van der Waals surface area contributed by atoms with Gasteiger partial charge in [-0.1, -0.05) is 0 Å². The van der Waals surface area contributed by atoms with Gasteiger partial charge in [0, 0.05) is 6.92 Å². The highest BCUT2D eigenvalue weighted by atomic mass is 16.4. The summed E-state index contributed by atoms with van der Waals surface area (Å²) in [6.45, 7) is 0.538. The monoisotopic (exact) mass is 231 g/mol. The van der Waals surface area contributed by atoms with Gasteiger partial charge in [0.15, 0.2) is 0 Å². The molecule has 1 rings (SSSR count). The first-order valence-electron chi connectivity index (χ1n) is 4.58. The molecule has 0 amide bonds. The van der Waals surface area contributed by atoms with Crippen LogP contribution < -0.4 is 0 Å². The van der Waals surface area contributed by atoms with Crippen molar-refractivity contribution < 1.29 is 29.6 Å². The normalized spacial score (nSPS) is 16.8. The molecule has 3 atom stereocenters. The first-order valence-corrected chi connectivity index (χ1v) is 4.58. The maximum atomic E-state index is 10.9. The zero-order valence-electron chi connectivity index (χ0n) is 8.57. The van der Waals surface area contributed by atoms with E-state index in [2.05, 4.69) is 4.98 Å². The highest BCUT2D eigenvalue weighted by molar-refractivity contribution is 5.89. The van der Waals surface area contributed by atoms with Crippen molar-refractivity contribution in [1.29, 1.82) is 0 Å². The maximum Gasteiger partial charge on any atom is 0.263 e. The molecule has 0 fully saturated rings. The number of hydrogen-bond acceptors (Lipinski definition) is 7. The number of ketones is 1. The summed E-state index contributed by atoms with van der Waals surface area (Å²) in [6, 6.07) is 0. The molecule has 3 unspecified atom stereocenters. The van der Waals surface area contributed by atoms with Crippen LogP contribution in [0.5, 0.6) is 0 Å². The number of rotatable bonds is 5. The van der Waals surface area contributed by atoms with Crippen molar-refractivity contribution >= 4 is 5.78 Å².